The number of sulfone groups is 1. The number of aliphatic hydroxyl groups is 1. The van der Waals surface area contributed by atoms with Crippen LogP contribution in [0.25, 0.3) is 0 Å². The first-order valence-electron chi connectivity index (χ1n) is 9.26. The average molecular weight is 417 g/mol. The fourth-order valence-electron chi connectivity index (χ4n) is 4.38. The lowest BCUT2D eigenvalue weighted by atomic mass is 9.68. The van der Waals surface area contributed by atoms with Gasteiger partial charge in [0.15, 0.2) is 9.84 Å². The number of piperidine rings is 1. The number of hydrogen-bond acceptors (Lipinski definition) is 5. The zero-order valence-corrected chi connectivity index (χ0v) is 17.3. The maximum atomic E-state index is 13.5. The zero-order valence-electron chi connectivity index (χ0n) is 15.6. The number of β-amino-alcohol motifs (C(OH)–C–C–N with tert-alkyl or cyclic N) is 1. The lowest BCUT2D eigenvalue weighted by Gasteiger charge is -2.43. The van der Waals surface area contributed by atoms with Crippen molar-refractivity contribution in [2.75, 3.05) is 19.3 Å². The molecule has 152 valence electrons. The van der Waals surface area contributed by atoms with Crippen molar-refractivity contribution in [3.05, 3.63) is 29.8 Å². The van der Waals surface area contributed by atoms with Crippen molar-refractivity contribution in [1.82, 2.24) is 4.90 Å². The third-order valence-corrected chi connectivity index (χ3v) is 6.83. The first-order chi connectivity index (χ1) is 12.2. The van der Waals surface area contributed by atoms with Crippen LogP contribution in [0.4, 0.5) is 0 Å². The van der Waals surface area contributed by atoms with E-state index in [1.807, 2.05) is 0 Å². The van der Waals surface area contributed by atoms with Gasteiger partial charge in [0.05, 0.1) is 16.4 Å². The molecular weight excluding hydrogens is 388 g/mol. The molecule has 2 atom stereocenters. The van der Waals surface area contributed by atoms with E-state index < -0.39 is 21.4 Å². The van der Waals surface area contributed by atoms with Crippen molar-refractivity contribution in [3.8, 4) is 0 Å². The van der Waals surface area contributed by atoms with E-state index in [0.717, 1.165) is 37.7 Å². The number of carbonyl (C=O) groups is 1. The SMILES string of the molecule is CS(=O)(=O)c1ccc(C2(C(=O)N3C[C@@H](N)C[C@@H](O)C3)CCCCC2)cc1.Cl. The summed E-state index contributed by atoms with van der Waals surface area (Å²) in [5, 5.41) is 10.0. The minimum absolute atomic E-state index is 0. The number of aliphatic hydroxyl groups excluding tert-OH is 1. The molecule has 2 fully saturated rings. The van der Waals surface area contributed by atoms with E-state index >= 15 is 0 Å². The Morgan fingerprint density at radius 2 is 1.74 bits per heavy atom. The molecule has 1 saturated carbocycles. The summed E-state index contributed by atoms with van der Waals surface area (Å²) < 4.78 is 23.5. The summed E-state index contributed by atoms with van der Waals surface area (Å²) >= 11 is 0. The number of likely N-dealkylation sites (tertiary alicyclic amines) is 1. The van der Waals surface area contributed by atoms with Crippen LogP contribution in [0, 0.1) is 0 Å². The highest BCUT2D eigenvalue weighted by molar-refractivity contribution is 7.90. The molecule has 6 nitrogen and oxygen atoms in total. The van der Waals surface area contributed by atoms with Crippen molar-refractivity contribution in [1.29, 1.82) is 0 Å². The first-order valence-corrected chi connectivity index (χ1v) is 11.2. The van der Waals surface area contributed by atoms with Crippen molar-refractivity contribution >= 4 is 28.2 Å². The molecule has 8 heteroatoms. The molecule has 1 heterocycles. The average Bonchev–Trinajstić information content (AvgIpc) is 2.60. The predicted molar refractivity (Wildman–Crippen MR) is 107 cm³/mol. The summed E-state index contributed by atoms with van der Waals surface area (Å²) in [5.74, 6) is 0.0125. The Kier molecular flexibility index (Phi) is 6.95. The largest absolute Gasteiger partial charge is 0.391 e. The molecule has 1 saturated heterocycles. The second kappa shape index (κ2) is 8.47. The Balaban J connectivity index is 0.00000261. The summed E-state index contributed by atoms with van der Waals surface area (Å²) in [6.07, 6.45) is 5.61. The van der Waals surface area contributed by atoms with Gasteiger partial charge in [-0.05, 0) is 37.0 Å². The second-order valence-corrected chi connectivity index (χ2v) is 9.81. The molecule has 0 radical (unpaired) electrons. The molecule has 1 aliphatic heterocycles. The highest BCUT2D eigenvalue weighted by atomic mass is 35.5. The van der Waals surface area contributed by atoms with Gasteiger partial charge < -0.3 is 15.7 Å². The monoisotopic (exact) mass is 416 g/mol. The number of halogens is 1. The highest BCUT2D eigenvalue weighted by Gasteiger charge is 2.45. The lowest BCUT2D eigenvalue weighted by Crippen LogP contribution is -2.57. The van der Waals surface area contributed by atoms with Gasteiger partial charge >= 0.3 is 0 Å². The summed E-state index contributed by atoms with van der Waals surface area (Å²) in [6.45, 7) is 0.773. The molecule has 0 unspecified atom stereocenters. The van der Waals surface area contributed by atoms with Crippen molar-refractivity contribution in [2.45, 2.75) is 61.0 Å². The number of rotatable bonds is 3. The molecule has 27 heavy (non-hydrogen) atoms. The third kappa shape index (κ3) is 4.65. The van der Waals surface area contributed by atoms with Crippen molar-refractivity contribution in [3.63, 3.8) is 0 Å². The fraction of sp³-hybridized carbons (Fsp3) is 0.632. The number of hydrogen-bond donors (Lipinski definition) is 2. The van der Waals surface area contributed by atoms with E-state index in [1.165, 1.54) is 6.26 Å². The summed E-state index contributed by atoms with van der Waals surface area (Å²) in [4.78, 5) is 15.5. The molecule has 1 aromatic rings. The van der Waals surface area contributed by atoms with Crippen LogP contribution in [0.5, 0.6) is 0 Å². The van der Waals surface area contributed by atoms with Gasteiger partial charge in [0.25, 0.3) is 0 Å². The standard InChI is InChI=1S/C19H28N2O4S.ClH/c1-26(24,25)17-7-5-14(6-8-17)19(9-3-2-4-10-19)18(23)21-12-15(20)11-16(22)13-21;/h5-8,15-16,22H,2-4,9-13,20H2,1H3;1H/t15-,16+;/m0./s1. The Hall–Kier alpha value is -1.15. The number of amides is 1. The zero-order chi connectivity index (χ0) is 18.9. The Labute approximate surface area is 167 Å². The Bertz CT molecular complexity index is 750. The van der Waals surface area contributed by atoms with Gasteiger partial charge in [-0.2, -0.15) is 0 Å². The lowest BCUT2D eigenvalue weighted by molar-refractivity contribution is -0.142. The van der Waals surface area contributed by atoms with Crippen LogP contribution in [0.3, 0.4) is 0 Å². The Morgan fingerprint density at radius 3 is 2.26 bits per heavy atom. The molecule has 2 aliphatic rings. The topological polar surface area (TPSA) is 101 Å². The molecule has 3 N–H and O–H groups in total. The molecule has 0 aromatic heterocycles. The third-order valence-electron chi connectivity index (χ3n) is 5.70. The molecular formula is C19H29ClN2O4S. The quantitative estimate of drug-likeness (QED) is 0.779. The van der Waals surface area contributed by atoms with Crippen molar-refractivity contribution < 1.29 is 18.3 Å². The van der Waals surface area contributed by atoms with Crippen LogP contribution in [0.2, 0.25) is 0 Å². The Morgan fingerprint density at radius 1 is 1.15 bits per heavy atom. The van der Waals surface area contributed by atoms with E-state index in [-0.39, 0.29) is 29.3 Å². The van der Waals surface area contributed by atoms with Gasteiger partial charge in [-0.1, -0.05) is 31.4 Å². The maximum absolute atomic E-state index is 13.5. The van der Waals surface area contributed by atoms with Crippen molar-refractivity contribution in [2.24, 2.45) is 5.73 Å². The number of nitrogens with two attached hydrogens (primary N) is 1. The summed E-state index contributed by atoms with van der Waals surface area (Å²) in [6, 6.07) is 6.52. The molecule has 1 aliphatic carbocycles. The predicted octanol–water partition coefficient (Wildman–Crippen LogP) is 1.63. The molecule has 0 bridgehead atoms. The van der Waals surface area contributed by atoms with Gasteiger partial charge in [0.2, 0.25) is 5.91 Å². The van der Waals surface area contributed by atoms with E-state index in [9.17, 15) is 18.3 Å². The van der Waals surface area contributed by atoms with Gasteiger partial charge in [-0.3, -0.25) is 4.79 Å². The molecule has 1 aromatic carbocycles. The minimum atomic E-state index is -3.27. The molecule has 0 spiro atoms. The minimum Gasteiger partial charge on any atom is -0.391 e. The van der Waals surface area contributed by atoms with Gasteiger partial charge in [0.1, 0.15) is 0 Å². The number of carbonyl (C=O) groups excluding carboxylic acids is 1. The number of nitrogens with zero attached hydrogens (tertiary/aromatic N) is 1. The van der Waals surface area contributed by atoms with E-state index in [1.54, 1.807) is 29.2 Å². The van der Waals surface area contributed by atoms with Gasteiger partial charge in [-0.25, -0.2) is 8.42 Å². The van der Waals surface area contributed by atoms with Gasteiger partial charge in [0, 0.05) is 25.4 Å². The normalized spacial score (nSPS) is 25.5. The van der Waals surface area contributed by atoms with Crippen LogP contribution >= 0.6 is 12.4 Å². The smallest absolute Gasteiger partial charge is 0.233 e. The first kappa shape index (κ1) is 22.1. The van der Waals surface area contributed by atoms with E-state index in [0.29, 0.717) is 19.5 Å². The van der Waals surface area contributed by atoms with Crippen LogP contribution in [0.15, 0.2) is 29.2 Å². The number of benzene rings is 1. The van der Waals surface area contributed by atoms with E-state index in [4.69, 9.17) is 5.73 Å². The van der Waals surface area contributed by atoms with E-state index in [2.05, 4.69) is 0 Å². The molecule has 3 rings (SSSR count). The van der Waals surface area contributed by atoms with Crippen LogP contribution in [-0.4, -0.2) is 55.8 Å². The van der Waals surface area contributed by atoms with Crippen LogP contribution in [0.1, 0.15) is 44.1 Å². The highest BCUT2D eigenvalue weighted by Crippen LogP contribution is 2.41. The van der Waals surface area contributed by atoms with Gasteiger partial charge in [-0.15, -0.1) is 12.4 Å². The second-order valence-electron chi connectivity index (χ2n) is 7.80. The van der Waals surface area contributed by atoms with Crippen LogP contribution < -0.4 is 5.73 Å². The van der Waals surface area contributed by atoms with Crippen LogP contribution in [-0.2, 0) is 20.0 Å². The summed E-state index contributed by atoms with van der Waals surface area (Å²) in [7, 11) is -3.27. The molecule has 1 amide bonds. The fourth-order valence-corrected chi connectivity index (χ4v) is 5.01. The summed E-state index contributed by atoms with van der Waals surface area (Å²) in [5.41, 5.74) is 6.23. The maximum Gasteiger partial charge on any atom is 0.233 e.